The zero-order chi connectivity index (χ0) is 15.6. The maximum absolute atomic E-state index is 12.3. The van der Waals surface area contributed by atoms with Crippen molar-refractivity contribution in [3.63, 3.8) is 0 Å². The lowest BCUT2D eigenvalue weighted by Gasteiger charge is -2.22. The van der Waals surface area contributed by atoms with Crippen LogP contribution in [0.25, 0.3) is 6.08 Å². The molecule has 1 unspecified atom stereocenters. The van der Waals surface area contributed by atoms with Gasteiger partial charge in [-0.2, -0.15) is 0 Å². The molecule has 22 heavy (non-hydrogen) atoms. The second-order valence-corrected chi connectivity index (χ2v) is 6.76. The molecule has 2 saturated heterocycles. The predicted molar refractivity (Wildman–Crippen MR) is 90.9 cm³/mol. The standard InChI is InChI=1S/C18H25N3O/c1-20(2)16-6-3-15(4-7-16)5-8-17(22)21-12-10-18(14-21)9-11-19-13-18/h3-8,19H,9-14H2,1-2H3/b8-5+. The van der Waals surface area contributed by atoms with E-state index in [2.05, 4.69) is 22.3 Å². The van der Waals surface area contributed by atoms with Gasteiger partial charge in [-0.1, -0.05) is 12.1 Å². The van der Waals surface area contributed by atoms with Gasteiger partial charge in [0.2, 0.25) is 5.91 Å². The maximum atomic E-state index is 12.3. The van der Waals surface area contributed by atoms with Crippen LogP contribution in [0.15, 0.2) is 30.3 Å². The Labute approximate surface area is 132 Å². The van der Waals surface area contributed by atoms with E-state index in [4.69, 9.17) is 0 Å². The van der Waals surface area contributed by atoms with Gasteiger partial charge < -0.3 is 15.1 Å². The molecule has 1 aromatic rings. The Bertz CT molecular complexity index is 556. The van der Waals surface area contributed by atoms with E-state index in [-0.39, 0.29) is 5.91 Å². The van der Waals surface area contributed by atoms with E-state index in [0.29, 0.717) is 5.41 Å². The summed E-state index contributed by atoms with van der Waals surface area (Å²) >= 11 is 0. The molecule has 3 rings (SSSR count). The molecule has 1 atom stereocenters. The summed E-state index contributed by atoms with van der Waals surface area (Å²) in [5.41, 5.74) is 2.57. The monoisotopic (exact) mass is 299 g/mol. The molecule has 1 amide bonds. The van der Waals surface area contributed by atoms with Gasteiger partial charge in [0.25, 0.3) is 0 Å². The third-order valence-corrected chi connectivity index (χ3v) is 4.91. The maximum Gasteiger partial charge on any atom is 0.246 e. The Morgan fingerprint density at radius 2 is 2.05 bits per heavy atom. The molecule has 1 N–H and O–H groups in total. The number of nitrogens with zero attached hydrogens (tertiary/aromatic N) is 2. The molecule has 2 fully saturated rings. The minimum Gasteiger partial charge on any atom is -0.378 e. The third kappa shape index (κ3) is 3.17. The van der Waals surface area contributed by atoms with E-state index in [1.807, 2.05) is 37.2 Å². The van der Waals surface area contributed by atoms with E-state index in [0.717, 1.165) is 38.2 Å². The van der Waals surface area contributed by atoms with Crippen LogP contribution in [0.2, 0.25) is 0 Å². The van der Waals surface area contributed by atoms with Crippen molar-refractivity contribution in [2.24, 2.45) is 5.41 Å². The van der Waals surface area contributed by atoms with Crippen molar-refractivity contribution in [3.8, 4) is 0 Å². The van der Waals surface area contributed by atoms with Crippen LogP contribution >= 0.6 is 0 Å². The van der Waals surface area contributed by atoms with Crippen molar-refractivity contribution in [1.82, 2.24) is 10.2 Å². The summed E-state index contributed by atoms with van der Waals surface area (Å²) in [4.78, 5) is 16.4. The highest BCUT2D eigenvalue weighted by molar-refractivity contribution is 5.92. The number of carbonyl (C=O) groups excluding carboxylic acids is 1. The predicted octanol–water partition coefficient (Wildman–Crippen LogP) is 1.98. The largest absolute Gasteiger partial charge is 0.378 e. The molecule has 0 aliphatic carbocycles. The minimum atomic E-state index is 0.139. The molecule has 118 valence electrons. The van der Waals surface area contributed by atoms with Gasteiger partial charge in [-0.3, -0.25) is 4.79 Å². The van der Waals surface area contributed by atoms with Gasteiger partial charge in [-0.15, -0.1) is 0 Å². The summed E-state index contributed by atoms with van der Waals surface area (Å²) in [7, 11) is 4.05. The first-order chi connectivity index (χ1) is 10.6. The highest BCUT2D eigenvalue weighted by Crippen LogP contribution is 2.36. The second-order valence-electron chi connectivity index (χ2n) is 6.76. The molecule has 4 nitrogen and oxygen atoms in total. The van der Waals surface area contributed by atoms with Crippen LogP contribution in [0.4, 0.5) is 5.69 Å². The van der Waals surface area contributed by atoms with Crippen molar-refractivity contribution >= 4 is 17.7 Å². The fraction of sp³-hybridized carbons (Fsp3) is 0.500. The summed E-state index contributed by atoms with van der Waals surface area (Å²) in [5.74, 6) is 0.139. The Morgan fingerprint density at radius 1 is 1.27 bits per heavy atom. The average Bonchev–Trinajstić information content (AvgIpc) is 3.16. The van der Waals surface area contributed by atoms with Crippen molar-refractivity contribution in [3.05, 3.63) is 35.9 Å². The van der Waals surface area contributed by atoms with Crippen LogP contribution in [0.3, 0.4) is 0 Å². The molecule has 0 bridgehead atoms. The van der Waals surface area contributed by atoms with E-state index >= 15 is 0 Å². The molecule has 1 spiro atoms. The van der Waals surface area contributed by atoms with E-state index in [9.17, 15) is 4.79 Å². The Kier molecular flexibility index (Phi) is 4.21. The average molecular weight is 299 g/mol. The zero-order valence-electron chi connectivity index (χ0n) is 13.5. The molecular formula is C18H25N3O. The molecule has 0 aromatic heterocycles. The van der Waals surface area contributed by atoms with Crippen LogP contribution in [0.5, 0.6) is 0 Å². The van der Waals surface area contributed by atoms with Crippen LogP contribution in [0.1, 0.15) is 18.4 Å². The molecule has 0 radical (unpaired) electrons. The lowest BCUT2D eigenvalue weighted by molar-refractivity contribution is -0.125. The van der Waals surface area contributed by atoms with Gasteiger partial charge in [0.15, 0.2) is 0 Å². The van der Waals surface area contributed by atoms with Gasteiger partial charge in [-0.05, 0) is 43.2 Å². The molecule has 4 heteroatoms. The second kappa shape index (κ2) is 6.13. The summed E-state index contributed by atoms with van der Waals surface area (Å²) in [5, 5.41) is 3.43. The van der Waals surface area contributed by atoms with Gasteiger partial charge in [-0.25, -0.2) is 0 Å². The highest BCUT2D eigenvalue weighted by Gasteiger charge is 2.41. The molecule has 2 aliphatic heterocycles. The number of likely N-dealkylation sites (tertiary alicyclic amines) is 1. The fourth-order valence-electron chi connectivity index (χ4n) is 3.42. The summed E-state index contributed by atoms with van der Waals surface area (Å²) in [6, 6.07) is 8.23. The summed E-state index contributed by atoms with van der Waals surface area (Å²) in [6.45, 7) is 3.95. The van der Waals surface area contributed by atoms with E-state index in [1.165, 1.54) is 12.1 Å². The number of amides is 1. The van der Waals surface area contributed by atoms with Crippen molar-refractivity contribution in [1.29, 1.82) is 0 Å². The first-order valence-electron chi connectivity index (χ1n) is 8.03. The number of rotatable bonds is 3. The zero-order valence-corrected chi connectivity index (χ0v) is 13.5. The minimum absolute atomic E-state index is 0.139. The van der Waals surface area contributed by atoms with Crippen molar-refractivity contribution < 1.29 is 4.79 Å². The Morgan fingerprint density at radius 3 is 2.68 bits per heavy atom. The fourth-order valence-corrected chi connectivity index (χ4v) is 3.42. The van der Waals surface area contributed by atoms with Crippen LogP contribution in [-0.2, 0) is 4.79 Å². The summed E-state index contributed by atoms with van der Waals surface area (Å²) in [6.07, 6.45) is 5.97. The smallest absolute Gasteiger partial charge is 0.246 e. The van der Waals surface area contributed by atoms with E-state index < -0.39 is 0 Å². The molecule has 1 aromatic carbocycles. The topological polar surface area (TPSA) is 35.6 Å². The molecule has 0 saturated carbocycles. The number of anilines is 1. The lowest BCUT2D eigenvalue weighted by Crippen LogP contribution is -2.32. The quantitative estimate of drug-likeness (QED) is 0.867. The van der Waals surface area contributed by atoms with Crippen molar-refractivity contribution in [2.45, 2.75) is 12.8 Å². The van der Waals surface area contributed by atoms with Crippen LogP contribution < -0.4 is 10.2 Å². The van der Waals surface area contributed by atoms with Gasteiger partial charge in [0.05, 0.1) is 0 Å². The summed E-state index contributed by atoms with van der Waals surface area (Å²) < 4.78 is 0. The normalized spacial score (nSPS) is 24.5. The van der Waals surface area contributed by atoms with Gasteiger partial charge >= 0.3 is 0 Å². The van der Waals surface area contributed by atoms with Gasteiger partial charge in [0, 0.05) is 50.9 Å². The van der Waals surface area contributed by atoms with Crippen molar-refractivity contribution in [2.75, 3.05) is 45.2 Å². The van der Waals surface area contributed by atoms with Gasteiger partial charge in [0.1, 0.15) is 0 Å². The number of nitrogens with one attached hydrogen (secondary N) is 1. The molecule has 2 heterocycles. The third-order valence-electron chi connectivity index (χ3n) is 4.91. The Hall–Kier alpha value is -1.81. The van der Waals surface area contributed by atoms with Crippen LogP contribution in [0, 0.1) is 5.41 Å². The van der Waals surface area contributed by atoms with Crippen LogP contribution in [-0.4, -0.2) is 51.1 Å². The number of hydrogen-bond donors (Lipinski definition) is 1. The first-order valence-corrected chi connectivity index (χ1v) is 8.03. The lowest BCUT2D eigenvalue weighted by atomic mass is 9.87. The number of benzene rings is 1. The number of carbonyl (C=O) groups is 1. The highest BCUT2D eigenvalue weighted by atomic mass is 16.2. The Balaban J connectivity index is 1.59. The SMILES string of the molecule is CN(C)c1ccc(/C=C/C(=O)N2CCC3(CCNC3)C2)cc1. The number of hydrogen-bond acceptors (Lipinski definition) is 3. The van der Waals surface area contributed by atoms with E-state index in [1.54, 1.807) is 6.08 Å². The molecular weight excluding hydrogens is 274 g/mol. The first kappa shape index (κ1) is 15.1. The molecule has 2 aliphatic rings.